The first-order valence-corrected chi connectivity index (χ1v) is 8.41. The second-order valence-corrected chi connectivity index (χ2v) is 7.19. The lowest BCUT2D eigenvalue weighted by molar-refractivity contribution is 0.235. The van der Waals surface area contributed by atoms with Crippen molar-refractivity contribution < 1.29 is 0 Å². The zero-order valence-corrected chi connectivity index (χ0v) is 13.5. The van der Waals surface area contributed by atoms with Gasteiger partial charge in [0, 0.05) is 12.6 Å². The molecule has 0 heterocycles. The minimum atomic E-state index is 0.391. The Balaban J connectivity index is 2.07. The maximum atomic E-state index is 3.90. The molecule has 1 aliphatic rings. The van der Waals surface area contributed by atoms with Crippen LogP contribution in [0.25, 0.3) is 0 Å². The van der Waals surface area contributed by atoms with E-state index in [1.165, 1.54) is 44.1 Å². The van der Waals surface area contributed by atoms with E-state index in [2.05, 4.69) is 56.4 Å². The molecule has 0 radical (unpaired) electrons. The molecule has 1 N–H and O–H groups in total. The van der Waals surface area contributed by atoms with Gasteiger partial charge in [-0.05, 0) is 36.2 Å². The third kappa shape index (κ3) is 4.34. The molecule has 1 heteroatoms. The van der Waals surface area contributed by atoms with Crippen molar-refractivity contribution in [2.75, 3.05) is 6.54 Å². The molecular formula is C19H31N. The summed E-state index contributed by atoms with van der Waals surface area (Å²) in [6, 6.07) is 11.6. The summed E-state index contributed by atoms with van der Waals surface area (Å²) in [5.74, 6) is 0.818. The van der Waals surface area contributed by atoms with E-state index in [0.717, 1.165) is 12.5 Å². The molecule has 0 saturated heterocycles. The molecule has 0 spiro atoms. The maximum Gasteiger partial charge on any atom is 0.0348 e. The quantitative estimate of drug-likeness (QED) is 0.738. The highest BCUT2D eigenvalue weighted by atomic mass is 14.9. The lowest BCUT2D eigenvalue weighted by atomic mass is 9.80. The van der Waals surface area contributed by atoms with Crippen molar-refractivity contribution in [3.63, 3.8) is 0 Å². The average Bonchev–Trinajstić information content (AvgIpc) is 2.49. The van der Waals surface area contributed by atoms with Gasteiger partial charge in [-0.3, -0.25) is 0 Å². The largest absolute Gasteiger partial charge is 0.309 e. The van der Waals surface area contributed by atoms with Crippen LogP contribution in [0.4, 0.5) is 0 Å². The van der Waals surface area contributed by atoms with Crippen LogP contribution in [0.15, 0.2) is 30.3 Å². The standard InChI is InChI=1S/C19H31N/c1-4-19(2,3)15-20-18(16-11-7-5-8-12-16)17-13-9-6-10-14-17/h5,7-8,11-12,17-18,20H,4,6,9-10,13-15H2,1-3H3. The molecule has 0 aliphatic heterocycles. The van der Waals surface area contributed by atoms with Crippen LogP contribution in [0.3, 0.4) is 0 Å². The van der Waals surface area contributed by atoms with Crippen molar-refractivity contribution in [1.29, 1.82) is 0 Å². The molecule has 1 aromatic carbocycles. The van der Waals surface area contributed by atoms with Crippen LogP contribution in [-0.4, -0.2) is 6.54 Å². The van der Waals surface area contributed by atoms with Gasteiger partial charge >= 0.3 is 0 Å². The van der Waals surface area contributed by atoms with E-state index in [-0.39, 0.29) is 0 Å². The van der Waals surface area contributed by atoms with E-state index in [1.54, 1.807) is 0 Å². The van der Waals surface area contributed by atoms with Crippen LogP contribution < -0.4 is 5.32 Å². The van der Waals surface area contributed by atoms with Crippen molar-refractivity contribution in [3.05, 3.63) is 35.9 Å². The first-order chi connectivity index (χ1) is 9.62. The molecular weight excluding hydrogens is 242 g/mol. The fourth-order valence-electron chi connectivity index (χ4n) is 3.20. The van der Waals surface area contributed by atoms with Gasteiger partial charge in [-0.25, -0.2) is 0 Å². The van der Waals surface area contributed by atoms with Crippen LogP contribution in [0.2, 0.25) is 0 Å². The molecule has 0 aromatic heterocycles. The summed E-state index contributed by atoms with van der Waals surface area (Å²) < 4.78 is 0. The molecule has 112 valence electrons. The topological polar surface area (TPSA) is 12.0 Å². The molecule has 1 atom stereocenters. The van der Waals surface area contributed by atoms with Gasteiger partial charge in [0.2, 0.25) is 0 Å². The van der Waals surface area contributed by atoms with Gasteiger partial charge in [0.1, 0.15) is 0 Å². The fourth-order valence-corrected chi connectivity index (χ4v) is 3.20. The normalized spacial score (nSPS) is 18.9. The number of benzene rings is 1. The van der Waals surface area contributed by atoms with Crippen LogP contribution in [0.1, 0.15) is 70.9 Å². The van der Waals surface area contributed by atoms with Crippen molar-refractivity contribution in [2.45, 2.75) is 65.3 Å². The first-order valence-electron chi connectivity index (χ1n) is 8.41. The van der Waals surface area contributed by atoms with Gasteiger partial charge in [0.25, 0.3) is 0 Å². The molecule has 1 nitrogen and oxygen atoms in total. The third-order valence-electron chi connectivity index (χ3n) is 5.04. The van der Waals surface area contributed by atoms with Crippen LogP contribution in [0, 0.1) is 11.3 Å². The number of nitrogens with one attached hydrogen (secondary N) is 1. The van der Waals surface area contributed by atoms with Crippen LogP contribution >= 0.6 is 0 Å². The summed E-state index contributed by atoms with van der Waals surface area (Å²) in [5, 5.41) is 3.90. The Morgan fingerprint density at radius 3 is 2.35 bits per heavy atom. The fraction of sp³-hybridized carbons (Fsp3) is 0.684. The summed E-state index contributed by atoms with van der Waals surface area (Å²) in [7, 11) is 0. The molecule has 1 aliphatic carbocycles. The highest BCUT2D eigenvalue weighted by molar-refractivity contribution is 5.20. The molecule has 20 heavy (non-hydrogen) atoms. The molecule has 1 unspecified atom stereocenters. The van der Waals surface area contributed by atoms with E-state index in [0.29, 0.717) is 11.5 Å². The zero-order valence-electron chi connectivity index (χ0n) is 13.5. The Morgan fingerprint density at radius 2 is 1.75 bits per heavy atom. The summed E-state index contributed by atoms with van der Waals surface area (Å²) >= 11 is 0. The van der Waals surface area contributed by atoms with Gasteiger partial charge in [-0.1, -0.05) is 70.4 Å². The van der Waals surface area contributed by atoms with E-state index in [4.69, 9.17) is 0 Å². The van der Waals surface area contributed by atoms with Gasteiger partial charge in [0.05, 0.1) is 0 Å². The van der Waals surface area contributed by atoms with Gasteiger partial charge in [0.15, 0.2) is 0 Å². The van der Waals surface area contributed by atoms with Crippen molar-refractivity contribution in [3.8, 4) is 0 Å². The Hall–Kier alpha value is -0.820. The summed E-state index contributed by atoms with van der Waals surface area (Å²) in [4.78, 5) is 0. The zero-order chi connectivity index (χ0) is 14.4. The van der Waals surface area contributed by atoms with E-state index in [1.807, 2.05) is 0 Å². The molecule has 0 amide bonds. The molecule has 0 bridgehead atoms. The third-order valence-corrected chi connectivity index (χ3v) is 5.04. The summed E-state index contributed by atoms with van der Waals surface area (Å²) in [6.07, 6.45) is 8.25. The highest BCUT2D eigenvalue weighted by Gasteiger charge is 2.26. The monoisotopic (exact) mass is 273 g/mol. The Morgan fingerprint density at radius 1 is 1.10 bits per heavy atom. The number of rotatable bonds is 6. The van der Waals surface area contributed by atoms with E-state index >= 15 is 0 Å². The predicted octanol–water partition coefficient (Wildman–Crippen LogP) is 5.33. The Bertz CT molecular complexity index is 376. The Labute approximate surface area is 125 Å². The molecule has 2 rings (SSSR count). The average molecular weight is 273 g/mol. The van der Waals surface area contributed by atoms with Crippen molar-refractivity contribution in [2.24, 2.45) is 11.3 Å². The number of hydrogen-bond donors (Lipinski definition) is 1. The second-order valence-electron chi connectivity index (χ2n) is 7.19. The minimum absolute atomic E-state index is 0.391. The minimum Gasteiger partial charge on any atom is -0.309 e. The highest BCUT2D eigenvalue weighted by Crippen LogP contribution is 2.35. The predicted molar refractivity (Wildman–Crippen MR) is 87.8 cm³/mol. The molecule has 1 saturated carbocycles. The van der Waals surface area contributed by atoms with Gasteiger partial charge in [-0.15, -0.1) is 0 Å². The summed E-state index contributed by atoms with van der Waals surface area (Å²) in [5.41, 5.74) is 1.87. The molecule has 1 fully saturated rings. The van der Waals surface area contributed by atoms with Gasteiger partial charge < -0.3 is 5.32 Å². The maximum absolute atomic E-state index is 3.90. The van der Waals surface area contributed by atoms with Gasteiger partial charge in [-0.2, -0.15) is 0 Å². The van der Waals surface area contributed by atoms with E-state index < -0.39 is 0 Å². The lowest BCUT2D eigenvalue weighted by Crippen LogP contribution is -2.36. The van der Waals surface area contributed by atoms with Crippen molar-refractivity contribution in [1.82, 2.24) is 5.32 Å². The SMILES string of the molecule is CCC(C)(C)CNC(c1ccccc1)C1CCCCC1. The van der Waals surface area contributed by atoms with Crippen molar-refractivity contribution >= 4 is 0 Å². The number of hydrogen-bond acceptors (Lipinski definition) is 1. The van der Waals surface area contributed by atoms with E-state index in [9.17, 15) is 0 Å². The van der Waals surface area contributed by atoms with Crippen LogP contribution in [-0.2, 0) is 0 Å². The smallest absolute Gasteiger partial charge is 0.0348 e. The lowest BCUT2D eigenvalue weighted by Gasteiger charge is -2.34. The molecule has 1 aromatic rings. The second kappa shape index (κ2) is 7.26. The first kappa shape index (κ1) is 15.6. The van der Waals surface area contributed by atoms with Crippen LogP contribution in [0.5, 0.6) is 0 Å². The Kier molecular flexibility index (Phi) is 5.65. The summed E-state index contributed by atoms with van der Waals surface area (Å²) in [6.45, 7) is 8.13.